The Labute approximate surface area is 252 Å². The average molecular weight is 631 g/mol. The van der Waals surface area contributed by atoms with Crippen LogP contribution in [0, 0.1) is 11.8 Å². The molecule has 1 rings (SSSR count). The standard InChI is InChI=1S/C25H38N6O11S/c1-11(2)21-25(42)27-9-18(34)29-15(10-43)23(40)26-8-17(33)28-12(3)16(32)6-13(4-5-19(35)36)22(39)30-14(7-20(37)38)24(41)31-21/h11-15,21,43H,4-10H2,1-3H3,(H,26,40)(H,27,42)(H,28,33)(H,29,34)(H,30,39)(H,31,41)(H,35,36)(H,37,38)/t12-,13+,14-,15-,21-/m0/s1. The topological polar surface area (TPSA) is 266 Å². The molecule has 0 aliphatic carbocycles. The summed E-state index contributed by atoms with van der Waals surface area (Å²) in [5.41, 5.74) is 0. The summed E-state index contributed by atoms with van der Waals surface area (Å²) in [7, 11) is 0. The fourth-order valence-corrected chi connectivity index (χ4v) is 4.14. The lowest BCUT2D eigenvalue weighted by Crippen LogP contribution is -2.57. The Hall–Kier alpha value is -4.22. The number of carboxylic acid groups (broad SMARTS) is 2. The van der Waals surface area contributed by atoms with E-state index in [0.29, 0.717) is 0 Å². The van der Waals surface area contributed by atoms with Gasteiger partial charge in [0.15, 0.2) is 5.78 Å². The summed E-state index contributed by atoms with van der Waals surface area (Å²) in [6.45, 7) is 3.22. The van der Waals surface area contributed by atoms with Crippen LogP contribution < -0.4 is 31.9 Å². The van der Waals surface area contributed by atoms with Gasteiger partial charge in [0.05, 0.1) is 25.6 Å². The molecule has 0 aromatic heterocycles. The minimum Gasteiger partial charge on any atom is -0.481 e. The van der Waals surface area contributed by atoms with Crippen LogP contribution in [-0.4, -0.2) is 106 Å². The van der Waals surface area contributed by atoms with E-state index in [1.54, 1.807) is 13.8 Å². The van der Waals surface area contributed by atoms with Gasteiger partial charge in [-0.05, 0) is 19.3 Å². The van der Waals surface area contributed by atoms with E-state index in [-0.39, 0.29) is 12.2 Å². The van der Waals surface area contributed by atoms with Crippen molar-refractivity contribution in [2.45, 2.75) is 70.6 Å². The predicted octanol–water partition coefficient (Wildman–Crippen LogP) is -3.31. The second kappa shape index (κ2) is 17.7. The van der Waals surface area contributed by atoms with E-state index < -0.39 is 122 Å². The van der Waals surface area contributed by atoms with Gasteiger partial charge in [0, 0.05) is 24.5 Å². The van der Waals surface area contributed by atoms with Gasteiger partial charge >= 0.3 is 11.9 Å². The molecule has 8 N–H and O–H groups in total. The summed E-state index contributed by atoms with van der Waals surface area (Å²) in [5, 5.41) is 32.3. The molecular weight excluding hydrogens is 592 g/mol. The first-order chi connectivity index (χ1) is 20.0. The number of ketones is 1. The van der Waals surface area contributed by atoms with Crippen molar-refractivity contribution in [1.29, 1.82) is 0 Å². The van der Waals surface area contributed by atoms with Crippen LogP contribution in [0.25, 0.3) is 0 Å². The van der Waals surface area contributed by atoms with Gasteiger partial charge in [-0.2, -0.15) is 12.6 Å². The molecule has 1 aliphatic rings. The van der Waals surface area contributed by atoms with E-state index in [1.807, 2.05) is 0 Å². The average Bonchev–Trinajstić information content (AvgIpc) is 2.92. The molecule has 0 aromatic carbocycles. The Morgan fingerprint density at radius 3 is 1.91 bits per heavy atom. The molecule has 0 spiro atoms. The molecule has 17 nitrogen and oxygen atoms in total. The highest BCUT2D eigenvalue weighted by Crippen LogP contribution is 2.15. The Bertz CT molecular complexity index is 1120. The third kappa shape index (κ3) is 13.1. The highest BCUT2D eigenvalue weighted by Gasteiger charge is 2.33. The second-order valence-corrected chi connectivity index (χ2v) is 10.6. The Kier molecular flexibility index (Phi) is 15.1. The van der Waals surface area contributed by atoms with Crippen LogP contribution >= 0.6 is 12.6 Å². The van der Waals surface area contributed by atoms with Crippen molar-refractivity contribution in [3.63, 3.8) is 0 Å². The van der Waals surface area contributed by atoms with Crippen molar-refractivity contribution in [2.75, 3.05) is 18.8 Å². The summed E-state index contributed by atoms with van der Waals surface area (Å²) in [5.74, 6) is -10.8. The number of Topliss-reactive ketones (excluding diaryl/α,β-unsaturated/α-hetero) is 1. The van der Waals surface area contributed by atoms with Crippen molar-refractivity contribution in [3.8, 4) is 0 Å². The van der Waals surface area contributed by atoms with Crippen LogP contribution in [-0.2, 0) is 43.2 Å². The van der Waals surface area contributed by atoms with Gasteiger partial charge in [0.25, 0.3) is 0 Å². The molecule has 6 amide bonds. The van der Waals surface area contributed by atoms with E-state index >= 15 is 0 Å². The number of aliphatic carboxylic acids is 2. The predicted molar refractivity (Wildman–Crippen MR) is 150 cm³/mol. The zero-order valence-electron chi connectivity index (χ0n) is 23.9. The molecule has 43 heavy (non-hydrogen) atoms. The van der Waals surface area contributed by atoms with Crippen molar-refractivity contribution < 1.29 is 53.4 Å². The summed E-state index contributed by atoms with van der Waals surface area (Å²) in [4.78, 5) is 112. The summed E-state index contributed by atoms with van der Waals surface area (Å²) in [6, 6.07) is -5.38. The smallest absolute Gasteiger partial charge is 0.305 e. The van der Waals surface area contributed by atoms with Crippen molar-refractivity contribution >= 4 is 65.8 Å². The van der Waals surface area contributed by atoms with Gasteiger partial charge in [-0.15, -0.1) is 0 Å². The van der Waals surface area contributed by atoms with Crippen LogP contribution in [0.1, 0.15) is 46.5 Å². The van der Waals surface area contributed by atoms with Crippen LogP contribution in [0.5, 0.6) is 0 Å². The minimum absolute atomic E-state index is 0.170. The third-order valence-electron chi connectivity index (χ3n) is 6.32. The first-order valence-corrected chi connectivity index (χ1v) is 14.0. The van der Waals surface area contributed by atoms with E-state index in [4.69, 9.17) is 5.11 Å². The van der Waals surface area contributed by atoms with Gasteiger partial charge in [-0.25, -0.2) is 0 Å². The second-order valence-electron chi connectivity index (χ2n) is 10.2. The first kappa shape index (κ1) is 36.8. The van der Waals surface area contributed by atoms with Gasteiger partial charge in [0.2, 0.25) is 35.4 Å². The van der Waals surface area contributed by atoms with Gasteiger partial charge < -0.3 is 42.1 Å². The number of hydrogen-bond donors (Lipinski definition) is 9. The number of carbonyl (C=O) groups excluding carboxylic acids is 7. The highest BCUT2D eigenvalue weighted by molar-refractivity contribution is 7.80. The van der Waals surface area contributed by atoms with Crippen molar-refractivity contribution in [3.05, 3.63) is 0 Å². The molecule has 1 heterocycles. The molecule has 1 fully saturated rings. The molecule has 1 aliphatic heterocycles. The number of amides is 6. The molecular formula is C25H38N6O11S. The maximum Gasteiger partial charge on any atom is 0.305 e. The lowest BCUT2D eigenvalue weighted by molar-refractivity contribution is -0.142. The molecule has 0 unspecified atom stereocenters. The molecule has 0 aromatic rings. The Morgan fingerprint density at radius 1 is 0.791 bits per heavy atom. The molecule has 0 saturated carbocycles. The quantitative estimate of drug-likeness (QED) is 0.126. The van der Waals surface area contributed by atoms with Crippen LogP contribution in [0.4, 0.5) is 0 Å². The van der Waals surface area contributed by atoms with E-state index in [9.17, 15) is 48.3 Å². The van der Waals surface area contributed by atoms with Crippen LogP contribution in [0.2, 0.25) is 0 Å². The Morgan fingerprint density at radius 2 is 1.37 bits per heavy atom. The van der Waals surface area contributed by atoms with Gasteiger partial charge in [-0.3, -0.25) is 43.2 Å². The number of rotatable bonds is 7. The first-order valence-electron chi connectivity index (χ1n) is 13.4. The number of hydrogen-bond acceptors (Lipinski definition) is 10. The van der Waals surface area contributed by atoms with Crippen LogP contribution in [0.3, 0.4) is 0 Å². The van der Waals surface area contributed by atoms with E-state index in [2.05, 4.69) is 44.5 Å². The normalized spacial score (nSPS) is 25.7. The number of carboxylic acids is 2. The summed E-state index contributed by atoms with van der Waals surface area (Å²) in [6.07, 6.45) is -2.37. The highest BCUT2D eigenvalue weighted by atomic mass is 32.1. The zero-order chi connectivity index (χ0) is 32.9. The van der Waals surface area contributed by atoms with Crippen LogP contribution in [0.15, 0.2) is 0 Å². The van der Waals surface area contributed by atoms with Gasteiger partial charge in [0.1, 0.15) is 18.1 Å². The zero-order valence-corrected chi connectivity index (χ0v) is 24.8. The van der Waals surface area contributed by atoms with Crippen molar-refractivity contribution in [1.82, 2.24) is 31.9 Å². The lowest BCUT2D eigenvalue weighted by atomic mass is 9.93. The Balaban J connectivity index is 3.40. The minimum atomic E-state index is -1.72. The SMILES string of the molecule is CC(C)[C@@H]1NC(=O)[C@H](CC(=O)O)NC(=O)[C@H](CCC(=O)O)CC(=O)[C@H](C)NC(=O)CNC(=O)[C@H](CS)NC(=O)CNC1=O. The van der Waals surface area contributed by atoms with E-state index in [1.165, 1.54) is 6.92 Å². The third-order valence-corrected chi connectivity index (χ3v) is 6.69. The molecule has 0 radical (unpaired) electrons. The molecule has 0 bridgehead atoms. The van der Waals surface area contributed by atoms with E-state index in [0.717, 1.165) is 0 Å². The van der Waals surface area contributed by atoms with Crippen molar-refractivity contribution in [2.24, 2.45) is 11.8 Å². The number of nitrogens with one attached hydrogen (secondary N) is 6. The molecule has 18 heteroatoms. The lowest BCUT2D eigenvalue weighted by Gasteiger charge is -2.26. The molecule has 240 valence electrons. The largest absolute Gasteiger partial charge is 0.481 e. The number of thiol groups is 1. The number of carbonyl (C=O) groups is 9. The molecule has 5 atom stereocenters. The summed E-state index contributed by atoms with van der Waals surface area (Å²) >= 11 is 4.01. The maximum absolute atomic E-state index is 13.1. The monoisotopic (exact) mass is 630 g/mol. The van der Waals surface area contributed by atoms with Gasteiger partial charge in [-0.1, -0.05) is 13.8 Å². The molecule has 1 saturated heterocycles. The maximum atomic E-state index is 13.1. The summed E-state index contributed by atoms with van der Waals surface area (Å²) < 4.78 is 0. The fourth-order valence-electron chi connectivity index (χ4n) is 3.89. The fraction of sp³-hybridized carbons (Fsp3) is 0.640.